The summed E-state index contributed by atoms with van der Waals surface area (Å²) in [6.07, 6.45) is 1.51. The molecule has 0 unspecified atom stereocenters. The van der Waals surface area contributed by atoms with Gasteiger partial charge in [-0.05, 0) is 36.4 Å². The highest BCUT2D eigenvalue weighted by atomic mass is 35.5. The molecule has 30 heavy (non-hydrogen) atoms. The Morgan fingerprint density at radius 2 is 1.93 bits per heavy atom. The average Bonchev–Trinajstić information content (AvgIpc) is 3.04. The lowest BCUT2D eigenvalue weighted by molar-refractivity contribution is 0.0958. The second kappa shape index (κ2) is 8.00. The van der Waals surface area contributed by atoms with E-state index in [1.54, 1.807) is 30.3 Å². The second-order valence-electron chi connectivity index (χ2n) is 6.45. The molecule has 0 atom stereocenters. The van der Waals surface area contributed by atoms with Gasteiger partial charge in [0.25, 0.3) is 5.91 Å². The number of ether oxygens (including phenoxy) is 1. The Morgan fingerprint density at radius 1 is 1.13 bits per heavy atom. The van der Waals surface area contributed by atoms with E-state index in [4.69, 9.17) is 16.3 Å². The number of pyridine rings is 1. The van der Waals surface area contributed by atoms with Crippen molar-refractivity contribution in [1.82, 2.24) is 19.9 Å². The Balaban J connectivity index is 1.61. The lowest BCUT2D eigenvalue weighted by Crippen LogP contribution is -2.18. The van der Waals surface area contributed by atoms with Crippen molar-refractivity contribution in [2.75, 3.05) is 12.4 Å². The van der Waals surface area contributed by atoms with Gasteiger partial charge in [0.1, 0.15) is 23.0 Å². The van der Waals surface area contributed by atoms with Crippen LogP contribution in [0.1, 0.15) is 10.5 Å². The highest BCUT2D eigenvalue weighted by molar-refractivity contribution is 6.33. The molecule has 4 rings (SSSR count). The fourth-order valence-electron chi connectivity index (χ4n) is 2.93. The van der Waals surface area contributed by atoms with E-state index in [2.05, 4.69) is 20.6 Å². The van der Waals surface area contributed by atoms with E-state index < -0.39 is 5.82 Å². The number of aromatic nitrogens is 3. The van der Waals surface area contributed by atoms with Crippen molar-refractivity contribution in [2.24, 2.45) is 7.05 Å². The van der Waals surface area contributed by atoms with Crippen molar-refractivity contribution in [3.05, 3.63) is 71.3 Å². The molecule has 1 amide bonds. The van der Waals surface area contributed by atoms with Gasteiger partial charge >= 0.3 is 0 Å². The summed E-state index contributed by atoms with van der Waals surface area (Å²) in [4.78, 5) is 20.3. The summed E-state index contributed by atoms with van der Waals surface area (Å²) in [7, 11) is 3.39. The van der Waals surface area contributed by atoms with E-state index >= 15 is 0 Å². The lowest BCUT2D eigenvalue weighted by Gasteiger charge is -2.08. The van der Waals surface area contributed by atoms with Gasteiger partial charge < -0.3 is 19.9 Å². The van der Waals surface area contributed by atoms with E-state index in [1.165, 1.54) is 25.4 Å². The molecule has 0 spiro atoms. The van der Waals surface area contributed by atoms with Gasteiger partial charge in [0.2, 0.25) is 5.95 Å². The van der Waals surface area contributed by atoms with Gasteiger partial charge in [-0.15, -0.1) is 0 Å². The monoisotopic (exact) mass is 425 g/mol. The Hall–Kier alpha value is -3.65. The first kappa shape index (κ1) is 19.7. The maximum Gasteiger partial charge on any atom is 0.269 e. The van der Waals surface area contributed by atoms with Gasteiger partial charge in [-0.3, -0.25) is 9.78 Å². The van der Waals surface area contributed by atoms with E-state index in [0.29, 0.717) is 28.7 Å². The van der Waals surface area contributed by atoms with Gasteiger partial charge in [0.15, 0.2) is 0 Å². The predicted molar refractivity (Wildman–Crippen MR) is 113 cm³/mol. The number of rotatable bonds is 5. The standard InChI is InChI=1S/C21H17ClFN5O2/c1-24-20(29)18-11-14(7-8-25-18)30-13-4-6-19-17(10-13)27-21(28(19)2)26-16-5-3-12(23)9-15(16)22/h3-11H,1-2H3,(H,24,29)(H,26,27). The van der Waals surface area contributed by atoms with Crippen molar-refractivity contribution < 1.29 is 13.9 Å². The van der Waals surface area contributed by atoms with Crippen LogP contribution in [-0.4, -0.2) is 27.5 Å². The number of nitrogens with zero attached hydrogens (tertiary/aromatic N) is 3. The van der Waals surface area contributed by atoms with Crippen LogP contribution < -0.4 is 15.4 Å². The third-order valence-electron chi connectivity index (χ3n) is 4.46. The maximum atomic E-state index is 13.3. The molecule has 0 aliphatic rings. The summed E-state index contributed by atoms with van der Waals surface area (Å²) in [5.41, 5.74) is 2.36. The topological polar surface area (TPSA) is 81.1 Å². The van der Waals surface area contributed by atoms with Crippen LogP contribution in [-0.2, 0) is 7.05 Å². The van der Waals surface area contributed by atoms with Crippen LogP contribution in [0.4, 0.5) is 16.0 Å². The highest BCUT2D eigenvalue weighted by Gasteiger charge is 2.12. The highest BCUT2D eigenvalue weighted by Crippen LogP contribution is 2.30. The number of carbonyl (C=O) groups is 1. The minimum atomic E-state index is -0.409. The van der Waals surface area contributed by atoms with Crippen LogP contribution in [0.5, 0.6) is 11.5 Å². The number of anilines is 2. The molecule has 0 saturated heterocycles. The zero-order chi connectivity index (χ0) is 21.3. The molecular weight excluding hydrogens is 409 g/mol. The smallest absolute Gasteiger partial charge is 0.269 e. The van der Waals surface area contributed by atoms with E-state index in [1.807, 2.05) is 17.7 Å². The fourth-order valence-corrected chi connectivity index (χ4v) is 3.14. The van der Waals surface area contributed by atoms with Crippen molar-refractivity contribution in [3.63, 3.8) is 0 Å². The normalized spacial score (nSPS) is 10.8. The molecule has 152 valence electrons. The molecule has 0 aliphatic heterocycles. The fraction of sp³-hybridized carbons (Fsp3) is 0.0952. The largest absolute Gasteiger partial charge is 0.457 e. The molecule has 2 aromatic carbocycles. The molecule has 2 aromatic heterocycles. The number of nitrogens with one attached hydrogen (secondary N) is 2. The zero-order valence-corrected chi connectivity index (χ0v) is 16.9. The summed E-state index contributed by atoms with van der Waals surface area (Å²) >= 11 is 6.10. The van der Waals surface area contributed by atoms with Crippen LogP contribution in [0.15, 0.2) is 54.7 Å². The number of amides is 1. The predicted octanol–water partition coefficient (Wildman–Crippen LogP) is 4.66. The molecule has 9 heteroatoms. The molecule has 0 saturated carbocycles. The first-order valence-electron chi connectivity index (χ1n) is 8.99. The number of aryl methyl sites for hydroxylation is 1. The quantitative estimate of drug-likeness (QED) is 0.486. The molecule has 2 N–H and O–H groups in total. The van der Waals surface area contributed by atoms with Gasteiger partial charge in [0, 0.05) is 32.4 Å². The molecule has 0 radical (unpaired) electrons. The summed E-state index contributed by atoms with van der Waals surface area (Å²) < 4.78 is 21.0. The summed E-state index contributed by atoms with van der Waals surface area (Å²) in [5.74, 6) is 0.877. The average molecular weight is 426 g/mol. The van der Waals surface area contributed by atoms with Gasteiger partial charge in [-0.2, -0.15) is 0 Å². The third kappa shape index (κ3) is 3.90. The van der Waals surface area contributed by atoms with E-state index in [9.17, 15) is 9.18 Å². The number of benzene rings is 2. The second-order valence-corrected chi connectivity index (χ2v) is 6.86. The summed E-state index contributed by atoms with van der Waals surface area (Å²) in [6, 6.07) is 12.8. The number of imidazole rings is 1. The number of halogens is 2. The van der Waals surface area contributed by atoms with Gasteiger partial charge in [0.05, 0.1) is 21.7 Å². The number of carbonyl (C=O) groups excluding carboxylic acids is 1. The lowest BCUT2D eigenvalue weighted by atomic mass is 10.3. The number of fused-ring (bicyclic) bond motifs is 1. The summed E-state index contributed by atoms with van der Waals surface area (Å²) in [5, 5.41) is 5.90. The minimum Gasteiger partial charge on any atom is -0.457 e. The molecule has 4 aromatic rings. The molecule has 7 nitrogen and oxygen atoms in total. The van der Waals surface area contributed by atoms with Gasteiger partial charge in [-0.1, -0.05) is 11.6 Å². The Bertz CT molecular complexity index is 1260. The number of hydrogen-bond donors (Lipinski definition) is 2. The van der Waals surface area contributed by atoms with E-state index in [0.717, 1.165) is 5.52 Å². The van der Waals surface area contributed by atoms with Crippen LogP contribution >= 0.6 is 11.6 Å². The van der Waals surface area contributed by atoms with Crippen LogP contribution in [0.2, 0.25) is 5.02 Å². The van der Waals surface area contributed by atoms with E-state index in [-0.39, 0.29) is 16.6 Å². The van der Waals surface area contributed by atoms with Crippen molar-refractivity contribution >= 4 is 40.2 Å². The molecule has 0 aliphatic carbocycles. The SMILES string of the molecule is CNC(=O)c1cc(Oc2ccc3c(c2)nc(Nc2ccc(F)cc2Cl)n3C)ccn1. The van der Waals surface area contributed by atoms with Crippen LogP contribution in [0.25, 0.3) is 11.0 Å². The Labute approximate surface area is 176 Å². The molecule has 2 heterocycles. The first-order chi connectivity index (χ1) is 14.4. The Kier molecular flexibility index (Phi) is 5.24. The molecule has 0 fully saturated rings. The first-order valence-corrected chi connectivity index (χ1v) is 9.37. The van der Waals surface area contributed by atoms with Crippen molar-refractivity contribution in [1.29, 1.82) is 0 Å². The minimum absolute atomic E-state index is 0.260. The van der Waals surface area contributed by atoms with Gasteiger partial charge in [-0.25, -0.2) is 9.37 Å². The zero-order valence-electron chi connectivity index (χ0n) is 16.1. The number of hydrogen-bond acceptors (Lipinski definition) is 5. The molecule has 0 bridgehead atoms. The maximum absolute atomic E-state index is 13.3. The van der Waals surface area contributed by atoms with Crippen LogP contribution in [0.3, 0.4) is 0 Å². The molecular formula is C21H17ClFN5O2. The van der Waals surface area contributed by atoms with Crippen LogP contribution in [0, 0.1) is 5.82 Å². The van der Waals surface area contributed by atoms with Crippen molar-refractivity contribution in [2.45, 2.75) is 0 Å². The van der Waals surface area contributed by atoms with Crippen molar-refractivity contribution in [3.8, 4) is 11.5 Å². The Morgan fingerprint density at radius 3 is 2.70 bits per heavy atom. The summed E-state index contributed by atoms with van der Waals surface area (Å²) in [6.45, 7) is 0. The third-order valence-corrected chi connectivity index (χ3v) is 4.77.